The predicted octanol–water partition coefficient (Wildman–Crippen LogP) is 2.25. The number of carbonyl (C=O) groups is 1. The zero-order valence-electron chi connectivity index (χ0n) is 15.7. The lowest BCUT2D eigenvalue weighted by molar-refractivity contribution is -0.871. The fraction of sp³-hybridized carbons (Fsp3) is 0.611. The van der Waals surface area contributed by atoms with Crippen LogP contribution >= 0.6 is 0 Å². The fourth-order valence-electron chi connectivity index (χ4n) is 2.72. The van der Waals surface area contributed by atoms with Gasteiger partial charge in [0.25, 0.3) is 0 Å². The van der Waals surface area contributed by atoms with Crippen LogP contribution in [0.15, 0.2) is 29.2 Å². The summed E-state index contributed by atoms with van der Waals surface area (Å²) in [5, 5.41) is 9.05. The molecule has 25 heavy (non-hydrogen) atoms. The van der Waals surface area contributed by atoms with Gasteiger partial charge in [-0.2, -0.15) is 0 Å². The molecule has 0 aliphatic heterocycles. The minimum absolute atomic E-state index is 0.170. The van der Waals surface area contributed by atoms with Crippen LogP contribution in [0.2, 0.25) is 0 Å². The minimum atomic E-state index is -3.74. The molecule has 0 fully saturated rings. The number of hydrogen-bond acceptors (Lipinski definition) is 3. The maximum absolute atomic E-state index is 12.6. The van der Waals surface area contributed by atoms with Gasteiger partial charge in [-0.25, -0.2) is 13.1 Å². The van der Waals surface area contributed by atoms with Gasteiger partial charge in [0, 0.05) is 0 Å². The molecule has 1 aromatic carbocycles. The highest BCUT2D eigenvalue weighted by Crippen LogP contribution is 2.14. The van der Waals surface area contributed by atoms with Crippen LogP contribution in [0.4, 0.5) is 0 Å². The Kier molecular flexibility index (Phi) is 8.05. The monoisotopic (exact) mass is 371 g/mol. The van der Waals surface area contributed by atoms with Crippen LogP contribution in [0.3, 0.4) is 0 Å². The Morgan fingerprint density at radius 2 is 1.76 bits per heavy atom. The molecule has 2 N–H and O–H groups in total. The van der Waals surface area contributed by atoms with Gasteiger partial charge < -0.3 is 9.59 Å². The van der Waals surface area contributed by atoms with E-state index in [0.29, 0.717) is 11.0 Å². The predicted molar refractivity (Wildman–Crippen MR) is 98.9 cm³/mol. The summed E-state index contributed by atoms with van der Waals surface area (Å²) in [5.41, 5.74) is 1.11. The Labute approximate surface area is 151 Å². The fourth-order valence-corrected chi connectivity index (χ4v) is 3.94. The van der Waals surface area contributed by atoms with E-state index in [1.54, 1.807) is 12.1 Å². The van der Waals surface area contributed by atoms with Crippen LogP contribution in [0.1, 0.15) is 38.2 Å². The van der Waals surface area contributed by atoms with Gasteiger partial charge in [0.15, 0.2) is 0 Å². The molecule has 0 heterocycles. The van der Waals surface area contributed by atoms with Crippen molar-refractivity contribution in [2.75, 3.05) is 27.7 Å². The zero-order valence-corrected chi connectivity index (χ0v) is 16.5. The van der Waals surface area contributed by atoms with Crippen LogP contribution in [-0.4, -0.2) is 57.7 Å². The molecule has 0 unspecified atom stereocenters. The number of unbranched alkanes of at least 4 members (excludes halogenated alkanes) is 2. The number of sulfonamides is 1. The molecule has 1 aromatic rings. The minimum Gasteiger partial charge on any atom is -0.481 e. The van der Waals surface area contributed by atoms with Crippen LogP contribution < -0.4 is 4.72 Å². The molecule has 7 heteroatoms. The van der Waals surface area contributed by atoms with Gasteiger partial charge >= 0.3 is 5.97 Å². The summed E-state index contributed by atoms with van der Waals surface area (Å²) in [6.07, 6.45) is 4.08. The normalized spacial score (nSPS) is 13.6. The molecule has 0 amide bonds. The number of nitrogens with one attached hydrogen (secondary N) is 1. The van der Waals surface area contributed by atoms with E-state index in [1.165, 1.54) is 0 Å². The number of carboxylic acid groups (broad SMARTS) is 1. The number of likely N-dealkylation sites (N-methyl/N-ethyl adjacent to an activating group) is 1. The van der Waals surface area contributed by atoms with Gasteiger partial charge in [-0.05, 0) is 30.5 Å². The lowest BCUT2D eigenvalue weighted by Crippen LogP contribution is -2.49. The van der Waals surface area contributed by atoms with Gasteiger partial charge in [0.1, 0.15) is 0 Å². The van der Waals surface area contributed by atoms with Crippen molar-refractivity contribution in [1.82, 2.24) is 4.72 Å². The molecule has 0 aromatic heterocycles. The SMILES string of the molecule is CCCCCc1ccc(S(=O)(=O)N[C@H](CC(=O)O)C[N+](C)(C)C)cc1. The third-order valence-corrected chi connectivity index (χ3v) is 5.35. The maximum Gasteiger partial charge on any atom is 0.305 e. The lowest BCUT2D eigenvalue weighted by atomic mass is 10.1. The number of carboxylic acids is 1. The number of quaternary nitrogens is 1. The van der Waals surface area contributed by atoms with Gasteiger partial charge in [-0.3, -0.25) is 4.79 Å². The molecule has 142 valence electrons. The topological polar surface area (TPSA) is 83.5 Å². The molecule has 0 saturated heterocycles. The molecule has 0 aliphatic rings. The van der Waals surface area contributed by atoms with Crippen LogP contribution in [-0.2, 0) is 21.2 Å². The van der Waals surface area contributed by atoms with Crippen molar-refractivity contribution in [2.24, 2.45) is 0 Å². The Hall–Kier alpha value is -1.44. The highest BCUT2D eigenvalue weighted by atomic mass is 32.2. The summed E-state index contributed by atoms with van der Waals surface area (Å²) >= 11 is 0. The molecule has 0 aliphatic carbocycles. The Bertz CT molecular complexity index is 649. The lowest BCUT2D eigenvalue weighted by Gasteiger charge is -2.29. The maximum atomic E-state index is 12.6. The van der Waals surface area contributed by atoms with Crippen molar-refractivity contribution in [1.29, 1.82) is 0 Å². The molecular weight excluding hydrogens is 340 g/mol. The van der Waals surface area contributed by atoms with Crippen molar-refractivity contribution in [3.63, 3.8) is 0 Å². The third kappa shape index (κ3) is 8.47. The summed E-state index contributed by atoms with van der Waals surface area (Å²) < 4.78 is 28.2. The number of hydrogen-bond donors (Lipinski definition) is 2. The van der Waals surface area contributed by atoms with Crippen molar-refractivity contribution in [3.05, 3.63) is 29.8 Å². The van der Waals surface area contributed by atoms with Crippen LogP contribution in [0, 0.1) is 0 Å². The van der Waals surface area contributed by atoms with Crippen molar-refractivity contribution < 1.29 is 22.8 Å². The van der Waals surface area contributed by atoms with Crippen molar-refractivity contribution in [3.8, 4) is 0 Å². The molecule has 0 saturated carbocycles. The number of aliphatic carboxylic acids is 1. The van der Waals surface area contributed by atoms with Gasteiger partial charge in [-0.15, -0.1) is 0 Å². The quantitative estimate of drug-likeness (QED) is 0.462. The standard InChI is InChI=1S/C18H30N2O4S/c1-5-6-7-8-15-9-11-17(12-10-15)25(23,24)19-16(13-18(21)22)14-20(2,3)4/h9-12,16,19H,5-8,13-14H2,1-4H3/p+1/t16-/m1/s1. The van der Waals surface area contributed by atoms with E-state index in [-0.39, 0.29) is 11.3 Å². The molecule has 1 atom stereocenters. The summed E-state index contributed by atoms with van der Waals surface area (Å²) in [6, 6.07) is 6.18. The smallest absolute Gasteiger partial charge is 0.305 e. The molecule has 1 rings (SSSR count). The van der Waals surface area contributed by atoms with Crippen LogP contribution in [0.25, 0.3) is 0 Å². The van der Waals surface area contributed by atoms with Crippen LogP contribution in [0.5, 0.6) is 0 Å². The zero-order chi connectivity index (χ0) is 19.1. The molecule has 0 radical (unpaired) electrons. The van der Waals surface area contributed by atoms with Crippen molar-refractivity contribution >= 4 is 16.0 Å². The number of benzene rings is 1. The Morgan fingerprint density at radius 1 is 1.16 bits per heavy atom. The summed E-state index contributed by atoms with van der Waals surface area (Å²) in [7, 11) is 1.95. The first-order valence-electron chi connectivity index (χ1n) is 8.67. The first kappa shape index (κ1) is 21.6. The third-order valence-electron chi connectivity index (χ3n) is 3.81. The van der Waals surface area contributed by atoms with Gasteiger partial charge in [0.2, 0.25) is 10.0 Å². The second-order valence-electron chi connectivity index (χ2n) is 7.49. The number of nitrogens with zero attached hydrogens (tertiary/aromatic N) is 1. The molecule has 6 nitrogen and oxygen atoms in total. The molecule has 0 spiro atoms. The number of aryl methyl sites for hydroxylation is 1. The summed E-state index contributed by atoms with van der Waals surface area (Å²) in [4.78, 5) is 11.2. The van der Waals surface area contributed by atoms with Gasteiger partial charge in [0.05, 0.1) is 45.0 Å². The Balaban J connectivity index is 2.84. The van der Waals surface area contributed by atoms with E-state index in [2.05, 4.69) is 11.6 Å². The second-order valence-corrected chi connectivity index (χ2v) is 9.20. The summed E-state index contributed by atoms with van der Waals surface area (Å²) in [5.74, 6) is -1.02. The number of rotatable bonds is 11. The molecule has 0 bridgehead atoms. The first-order valence-corrected chi connectivity index (χ1v) is 10.2. The average Bonchev–Trinajstić information content (AvgIpc) is 2.45. The largest absolute Gasteiger partial charge is 0.481 e. The highest BCUT2D eigenvalue weighted by Gasteiger charge is 2.26. The van der Waals surface area contributed by atoms with Crippen molar-refractivity contribution in [2.45, 2.75) is 50.0 Å². The van der Waals surface area contributed by atoms with E-state index in [4.69, 9.17) is 5.11 Å². The Morgan fingerprint density at radius 3 is 2.24 bits per heavy atom. The second kappa shape index (κ2) is 9.31. The highest BCUT2D eigenvalue weighted by molar-refractivity contribution is 7.89. The van der Waals surface area contributed by atoms with Gasteiger partial charge in [-0.1, -0.05) is 31.9 Å². The van der Waals surface area contributed by atoms with E-state index in [9.17, 15) is 13.2 Å². The van der Waals surface area contributed by atoms with E-state index in [0.717, 1.165) is 31.2 Å². The van der Waals surface area contributed by atoms with E-state index in [1.807, 2.05) is 33.3 Å². The van der Waals surface area contributed by atoms with E-state index >= 15 is 0 Å². The van der Waals surface area contributed by atoms with E-state index < -0.39 is 22.0 Å². The summed E-state index contributed by atoms with van der Waals surface area (Å²) in [6.45, 7) is 2.53. The molecular formula is C18H31N2O4S+. The first-order chi connectivity index (χ1) is 11.5. The average molecular weight is 372 g/mol.